The van der Waals surface area contributed by atoms with Crippen LogP contribution >= 0.6 is 0 Å². The zero-order chi connectivity index (χ0) is 25.1. The molecule has 1 unspecified atom stereocenters. The number of aromatic nitrogens is 3. The first-order chi connectivity index (χ1) is 15.9. The quantitative estimate of drug-likeness (QED) is 0.485. The van der Waals surface area contributed by atoms with Gasteiger partial charge in [-0.25, -0.2) is 9.78 Å². The molecule has 1 aliphatic rings. The fourth-order valence-corrected chi connectivity index (χ4v) is 3.31. The number of anilines is 1. The Labute approximate surface area is 191 Å². The molecule has 1 aromatic carbocycles. The molecule has 34 heavy (non-hydrogen) atoms. The molecule has 4 N–H and O–H groups in total. The van der Waals surface area contributed by atoms with Crippen LogP contribution in [0.25, 0.3) is 10.9 Å². The van der Waals surface area contributed by atoms with E-state index in [1.807, 2.05) is 6.07 Å². The highest BCUT2D eigenvalue weighted by Crippen LogP contribution is 2.31. The third-order valence-electron chi connectivity index (χ3n) is 5.21. The van der Waals surface area contributed by atoms with Crippen molar-refractivity contribution in [2.24, 2.45) is 5.41 Å². The van der Waals surface area contributed by atoms with Crippen molar-refractivity contribution >= 4 is 28.5 Å². The molecule has 0 spiro atoms. The van der Waals surface area contributed by atoms with Crippen molar-refractivity contribution in [1.82, 2.24) is 14.8 Å². The number of nitrogen functional groups attached to an aromatic ring is 1. The van der Waals surface area contributed by atoms with Gasteiger partial charge in [0.05, 0.1) is 29.4 Å². The Bertz CT molecular complexity index is 1300. The first-order valence-corrected chi connectivity index (χ1v) is 9.99. The molecule has 11 heteroatoms. The van der Waals surface area contributed by atoms with Crippen molar-refractivity contribution in [2.45, 2.75) is 26.1 Å². The van der Waals surface area contributed by atoms with E-state index in [1.54, 1.807) is 23.0 Å². The molecule has 2 heterocycles. The molecular weight excluding hydrogens is 453 g/mol. The zero-order valence-corrected chi connectivity index (χ0v) is 18.0. The minimum absolute atomic E-state index is 0.0359. The van der Waals surface area contributed by atoms with Gasteiger partial charge in [0.25, 0.3) is 0 Å². The van der Waals surface area contributed by atoms with Gasteiger partial charge >= 0.3 is 18.1 Å². The normalized spacial score (nSPS) is 17.6. The standard InChI is InChI=1S/C14H11F3N4.C9H10O4/c15-14(16,17)13-6-1-3-9(20-13)8-21-12-5-2-4-11(18)10(12)7-19-21;1-9(8(12)13)4-2-3-6(5-9)7(10)11/h1-7H,8,18H2;2-4H,5H2,1H3,(H,10,11)(H,12,13). The van der Waals surface area contributed by atoms with Crippen LogP contribution in [-0.4, -0.2) is 36.9 Å². The summed E-state index contributed by atoms with van der Waals surface area (Å²) >= 11 is 0. The molecule has 2 aromatic heterocycles. The smallest absolute Gasteiger partial charge is 0.433 e. The largest absolute Gasteiger partial charge is 0.481 e. The van der Waals surface area contributed by atoms with Gasteiger partial charge in [-0.3, -0.25) is 9.48 Å². The van der Waals surface area contributed by atoms with Crippen LogP contribution in [0.2, 0.25) is 0 Å². The highest BCUT2D eigenvalue weighted by atomic mass is 19.4. The maximum atomic E-state index is 12.7. The minimum atomic E-state index is -4.45. The van der Waals surface area contributed by atoms with Gasteiger partial charge in [0, 0.05) is 16.6 Å². The number of carboxylic acids is 2. The number of carboxylic acid groups (broad SMARTS) is 2. The maximum Gasteiger partial charge on any atom is 0.433 e. The summed E-state index contributed by atoms with van der Waals surface area (Å²) in [4.78, 5) is 25.0. The second-order valence-corrected chi connectivity index (χ2v) is 7.85. The highest BCUT2D eigenvalue weighted by Gasteiger charge is 2.34. The van der Waals surface area contributed by atoms with E-state index < -0.39 is 29.2 Å². The van der Waals surface area contributed by atoms with E-state index in [9.17, 15) is 22.8 Å². The zero-order valence-electron chi connectivity index (χ0n) is 18.0. The number of benzene rings is 1. The molecular formula is C23H21F3N4O4. The first kappa shape index (κ1) is 24.5. The van der Waals surface area contributed by atoms with E-state index in [2.05, 4.69) is 10.1 Å². The average molecular weight is 474 g/mol. The van der Waals surface area contributed by atoms with Crippen LogP contribution in [0, 0.1) is 5.41 Å². The van der Waals surface area contributed by atoms with Crippen molar-refractivity contribution in [3.63, 3.8) is 0 Å². The molecule has 178 valence electrons. The Balaban J connectivity index is 0.000000215. The van der Waals surface area contributed by atoms with Crippen LogP contribution in [0.4, 0.5) is 18.9 Å². The van der Waals surface area contributed by atoms with Gasteiger partial charge in [-0.05, 0) is 37.6 Å². The van der Waals surface area contributed by atoms with Crippen LogP contribution in [-0.2, 0) is 22.3 Å². The van der Waals surface area contributed by atoms with Gasteiger partial charge in [-0.1, -0.05) is 30.4 Å². The first-order valence-electron chi connectivity index (χ1n) is 9.99. The van der Waals surface area contributed by atoms with Crippen LogP contribution < -0.4 is 5.73 Å². The second-order valence-electron chi connectivity index (χ2n) is 7.85. The Morgan fingerprint density at radius 1 is 1.18 bits per heavy atom. The third kappa shape index (κ3) is 5.42. The number of hydrogen-bond acceptors (Lipinski definition) is 5. The van der Waals surface area contributed by atoms with Gasteiger partial charge in [0.15, 0.2) is 0 Å². The predicted octanol–water partition coefficient (Wildman–Crippen LogP) is 4.13. The Hall–Kier alpha value is -4.15. The Morgan fingerprint density at radius 3 is 2.53 bits per heavy atom. The van der Waals surface area contributed by atoms with Gasteiger partial charge < -0.3 is 15.9 Å². The topological polar surface area (TPSA) is 131 Å². The Morgan fingerprint density at radius 2 is 1.88 bits per heavy atom. The van der Waals surface area contributed by atoms with Crippen LogP contribution in [0.1, 0.15) is 24.7 Å². The monoisotopic (exact) mass is 474 g/mol. The van der Waals surface area contributed by atoms with Gasteiger partial charge in [-0.2, -0.15) is 18.3 Å². The molecule has 8 nitrogen and oxygen atoms in total. The second kappa shape index (κ2) is 9.38. The van der Waals surface area contributed by atoms with E-state index >= 15 is 0 Å². The van der Waals surface area contributed by atoms with Gasteiger partial charge in [0.2, 0.25) is 0 Å². The van der Waals surface area contributed by atoms with Crippen LogP contribution in [0.3, 0.4) is 0 Å². The molecule has 3 aromatic rings. The van der Waals surface area contributed by atoms with Crippen molar-refractivity contribution in [2.75, 3.05) is 5.73 Å². The molecule has 0 saturated heterocycles. The van der Waals surface area contributed by atoms with E-state index in [0.717, 1.165) is 17.0 Å². The summed E-state index contributed by atoms with van der Waals surface area (Å²) in [5, 5.41) is 22.4. The average Bonchev–Trinajstić information content (AvgIpc) is 3.18. The van der Waals surface area contributed by atoms with Crippen molar-refractivity contribution in [3.05, 3.63) is 77.8 Å². The number of carbonyl (C=O) groups is 2. The summed E-state index contributed by atoms with van der Waals surface area (Å²) in [5.74, 6) is -2.06. The molecule has 0 radical (unpaired) electrons. The number of fused-ring (bicyclic) bond motifs is 1. The number of rotatable bonds is 4. The summed E-state index contributed by atoms with van der Waals surface area (Å²) in [7, 11) is 0. The van der Waals surface area contributed by atoms with Gasteiger partial charge in [-0.15, -0.1) is 0 Å². The number of alkyl halides is 3. The van der Waals surface area contributed by atoms with Crippen LogP contribution in [0.5, 0.6) is 0 Å². The van der Waals surface area contributed by atoms with Crippen molar-refractivity contribution < 1.29 is 33.0 Å². The van der Waals surface area contributed by atoms with E-state index in [-0.39, 0.29) is 24.2 Å². The molecule has 0 aliphatic heterocycles. The number of allylic oxidation sites excluding steroid dienone is 2. The summed E-state index contributed by atoms with van der Waals surface area (Å²) in [6, 6.07) is 9.15. The fourth-order valence-electron chi connectivity index (χ4n) is 3.31. The molecule has 1 aliphatic carbocycles. The number of hydrogen-bond donors (Lipinski definition) is 3. The molecule has 0 saturated carbocycles. The Kier molecular flexibility index (Phi) is 6.75. The van der Waals surface area contributed by atoms with Crippen LogP contribution in [0.15, 0.2) is 66.4 Å². The third-order valence-corrected chi connectivity index (χ3v) is 5.21. The molecule has 0 fully saturated rings. The number of nitrogens with zero attached hydrogens (tertiary/aromatic N) is 3. The number of pyridine rings is 1. The van der Waals surface area contributed by atoms with Gasteiger partial charge in [0.1, 0.15) is 5.69 Å². The lowest BCUT2D eigenvalue weighted by Crippen LogP contribution is -2.28. The number of halogens is 3. The van der Waals surface area contributed by atoms with E-state index in [4.69, 9.17) is 15.9 Å². The summed E-state index contributed by atoms with van der Waals surface area (Å²) < 4.78 is 39.5. The lowest BCUT2D eigenvalue weighted by atomic mass is 9.80. The lowest BCUT2D eigenvalue weighted by molar-refractivity contribution is -0.145. The molecule has 0 amide bonds. The number of nitrogens with two attached hydrogens (primary N) is 1. The summed E-state index contributed by atoms with van der Waals surface area (Å²) in [6.45, 7) is 1.65. The molecule has 4 rings (SSSR count). The number of aliphatic carboxylic acids is 2. The fraction of sp³-hybridized carbons (Fsp3) is 0.217. The van der Waals surface area contributed by atoms with Crippen molar-refractivity contribution in [1.29, 1.82) is 0 Å². The predicted molar refractivity (Wildman–Crippen MR) is 118 cm³/mol. The molecule has 0 bridgehead atoms. The SMILES string of the molecule is CC1(C(=O)O)C=CC=C(C(=O)O)C1.Nc1cccc2c1cnn2Cc1cccc(C(F)(F)F)n1. The van der Waals surface area contributed by atoms with E-state index in [1.165, 1.54) is 37.3 Å². The van der Waals surface area contributed by atoms with Crippen molar-refractivity contribution in [3.8, 4) is 0 Å². The lowest BCUT2D eigenvalue weighted by Gasteiger charge is -2.23. The molecule has 1 atom stereocenters. The maximum absolute atomic E-state index is 12.7. The highest BCUT2D eigenvalue weighted by molar-refractivity contribution is 5.90. The minimum Gasteiger partial charge on any atom is -0.481 e. The summed E-state index contributed by atoms with van der Waals surface area (Å²) in [5.41, 5.74) is 5.60. The summed E-state index contributed by atoms with van der Waals surface area (Å²) in [6.07, 6.45) is 1.58. The van der Waals surface area contributed by atoms with E-state index in [0.29, 0.717) is 5.69 Å².